The Morgan fingerprint density at radius 3 is 1.84 bits per heavy atom. The Balaban J connectivity index is 3.65. The maximum Gasteiger partial charge on any atom is 0.325 e. The Hall–Kier alpha value is -0.710. The number of nitrogens with one attached hydrogen (secondary N) is 3. The average Bonchev–Trinajstić information content (AvgIpc) is 2.50. The number of carbonyl (C=O) groups is 4. The van der Waals surface area contributed by atoms with Gasteiger partial charge in [0.1, 0.15) is 6.04 Å². The molecule has 1 unspecified atom stereocenters. The van der Waals surface area contributed by atoms with Gasteiger partial charge in [-0.15, -0.1) is 0 Å². The molecule has 0 spiro atoms. The predicted octanol–water partition coefficient (Wildman–Crippen LogP) is 2.02. The molecule has 0 aliphatic heterocycles. The summed E-state index contributed by atoms with van der Waals surface area (Å²) in [5, 5.41) is 16.5. The molecule has 1 rings (SSSR count). The quantitative estimate of drug-likeness (QED) is 0.354. The van der Waals surface area contributed by atoms with E-state index < -0.39 is 23.8 Å². The SMILES string of the molecule is CNC(=O)c1c(I)c(NC(C)=O)c(I)c(C(=O)NC(C)C(=O)O)c1I. The highest BCUT2D eigenvalue weighted by Crippen LogP contribution is 2.35. The van der Waals surface area contributed by atoms with E-state index in [1.165, 1.54) is 20.9 Å². The zero-order valence-corrected chi connectivity index (χ0v) is 19.8. The lowest BCUT2D eigenvalue weighted by Crippen LogP contribution is -2.39. The third kappa shape index (κ3) is 5.15. The van der Waals surface area contributed by atoms with Crippen LogP contribution in [0.1, 0.15) is 34.6 Å². The lowest BCUT2D eigenvalue weighted by atomic mass is 10.1. The van der Waals surface area contributed by atoms with Gasteiger partial charge in [-0.1, -0.05) is 0 Å². The summed E-state index contributed by atoms with van der Waals surface area (Å²) in [6.07, 6.45) is 0. The van der Waals surface area contributed by atoms with Crippen molar-refractivity contribution in [2.24, 2.45) is 0 Å². The molecule has 8 nitrogen and oxygen atoms in total. The van der Waals surface area contributed by atoms with Crippen LogP contribution in [0.15, 0.2) is 0 Å². The van der Waals surface area contributed by atoms with E-state index in [0.29, 0.717) is 16.4 Å². The third-order valence-corrected chi connectivity index (χ3v) is 6.25. The molecular weight excluding hydrogens is 671 g/mol. The van der Waals surface area contributed by atoms with Crippen molar-refractivity contribution in [2.45, 2.75) is 19.9 Å². The molecular formula is C14H14I3N3O5. The monoisotopic (exact) mass is 685 g/mol. The smallest absolute Gasteiger partial charge is 0.325 e. The molecule has 1 aromatic carbocycles. The summed E-state index contributed by atoms with van der Waals surface area (Å²) in [6, 6.07) is -1.11. The molecule has 0 saturated heterocycles. The van der Waals surface area contributed by atoms with Gasteiger partial charge in [0.05, 0.1) is 24.0 Å². The van der Waals surface area contributed by atoms with E-state index in [9.17, 15) is 19.2 Å². The molecule has 136 valence electrons. The van der Waals surface area contributed by atoms with Crippen molar-refractivity contribution >= 4 is 97.2 Å². The van der Waals surface area contributed by atoms with E-state index in [1.54, 1.807) is 0 Å². The van der Waals surface area contributed by atoms with Crippen molar-refractivity contribution in [1.82, 2.24) is 10.6 Å². The van der Waals surface area contributed by atoms with E-state index in [0.717, 1.165) is 0 Å². The summed E-state index contributed by atoms with van der Waals surface area (Å²) in [4.78, 5) is 47.3. The number of anilines is 1. The highest BCUT2D eigenvalue weighted by molar-refractivity contribution is 14.1. The van der Waals surface area contributed by atoms with Gasteiger partial charge >= 0.3 is 5.97 Å². The topological polar surface area (TPSA) is 125 Å². The highest BCUT2D eigenvalue weighted by Gasteiger charge is 2.29. The fourth-order valence-electron chi connectivity index (χ4n) is 1.80. The minimum absolute atomic E-state index is 0.136. The summed E-state index contributed by atoms with van der Waals surface area (Å²) >= 11 is 5.69. The molecule has 0 aliphatic rings. The van der Waals surface area contributed by atoms with Crippen molar-refractivity contribution in [2.75, 3.05) is 12.4 Å². The first-order valence-corrected chi connectivity index (χ1v) is 10.00. The van der Waals surface area contributed by atoms with Crippen LogP contribution in [0.5, 0.6) is 0 Å². The molecule has 11 heteroatoms. The van der Waals surface area contributed by atoms with E-state index >= 15 is 0 Å². The van der Waals surface area contributed by atoms with E-state index in [1.807, 2.05) is 67.8 Å². The van der Waals surface area contributed by atoms with E-state index in [4.69, 9.17) is 5.11 Å². The molecule has 0 radical (unpaired) electrons. The van der Waals surface area contributed by atoms with Crippen molar-refractivity contribution < 1.29 is 24.3 Å². The lowest BCUT2D eigenvalue weighted by molar-refractivity contribution is -0.138. The first-order chi connectivity index (χ1) is 11.5. The van der Waals surface area contributed by atoms with Crippen molar-refractivity contribution in [3.8, 4) is 0 Å². The number of aliphatic carboxylic acids is 1. The number of hydrogen-bond donors (Lipinski definition) is 4. The van der Waals surface area contributed by atoms with Crippen LogP contribution in [0, 0.1) is 10.7 Å². The largest absolute Gasteiger partial charge is 0.480 e. The molecule has 0 saturated carbocycles. The Labute approximate surface area is 184 Å². The number of halogens is 3. The second-order valence-electron chi connectivity index (χ2n) is 4.86. The first kappa shape index (κ1) is 22.3. The van der Waals surface area contributed by atoms with Crippen LogP contribution < -0.4 is 16.0 Å². The fourth-order valence-corrected chi connectivity index (χ4v) is 6.22. The van der Waals surface area contributed by atoms with Crippen LogP contribution in [-0.2, 0) is 9.59 Å². The summed E-state index contributed by atoms with van der Waals surface area (Å²) in [5.74, 6) is -2.60. The second kappa shape index (κ2) is 9.29. The Bertz CT molecular complexity index is 767. The van der Waals surface area contributed by atoms with Gasteiger partial charge < -0.3 is 21.1 Å². The van der Waals surface area contributed by atoms with Gasteiger partial charge in [0, 0.05) is 17.5 Å². The van der Waals surface area contributed by atoms with Crippen molar-refractivity contribution in [3.63, 3.8) is 0 Å². The van der Waals surface area contributed by atoms with Gasteiger partial charge in [0.25, 0.3) is 11.8 Å². The number of amides is 3. The predicted molar refractivity (Wildman–Crippen MR) is 117 cm³/mol. The molecule has 4 N–H and O–H groups in total. The Morgan fingerprint density at radius 1 is 0.960 bits per heavy atom. The minimum atomic E-state index is -1.18. The molecule has 3 amide bonds. The summed E-state index contributed by atoms with van der Waals surface area (Å²) in [6.45, 7) is 2.65. The molecule has 0 fully saturated rings. The summed E-state index contributed by atoms with van der Waals surface area (Å²) in [7, 11) is 1.46. The standard InChI is InChI=1S/C14H14I3N3O5/c1-4(14(24)25)19-13(23)7-8(15)6(12(22)18-3)9(16)11(10(7)17)20-5(2)21/h4H,1-3H3,(H,18,22)(H,19,23)(H,20,21)(H,24,25). The lowest BCUT2D eigenvalue weighted by Gasteiger charge is -2.19. The third-order valence-electron chi connectivity index (χ3n) is 3.02. The molecule has 0 heterocycles. The van der Waals surface area contributed by atoms with Crippen LogP contribution >= 0.6 is 67.8 Å². The zero-order valence-electron chi connectivity index (χ0n) is 13.3. The molecule has 25 heavy (non-hydrogen) atoms. The summed E-state index contributed by atoms with van der Waals surface area (Å²) in [5.41, 5.74) is 0.707. The Kier molecular flexibility index (Phi) is 8.30. The number of rotatable bonds is 5. The van der Waals surface area contributed by atoms with Crippen molar-refractivity contribution in [3.05, 3.63) is 21.8 Å². The van der Waals surface area contributed by atoms with Crippen LogP contribution in [0.4, 0.5) is 5.69 Å². The van der Waals surface area contributed by atoms with Gasteiger partial charge in [-0.25, -0.2) is 0 Å². The van der Waals surface area contributed by atoms with Crippen LogP contribution in [0.25, 0.3) is 0 Å². The normalized spacial score (nSPS) is 11.4. The zero-order chi connectivity index (χ0) is 19.5. The van der Waals surface area contributed by atoms with Crippen molar-refractivity contribution in [1.29, 1.82) is 0 Å². The number of carboxylic acid groups (broad SMARTS) is 1. The van der Waals surface area contributed by atoms with E-state index in [-0.39, 0.29) is 17.0 Å². The molecule has 1 atom stereocenters. The number of benzene rings is 1. The molecule has 1 aromatic rings. The summed E-state index contributed by atoms with van der Waals surface area (Å²) < 4.78 is 1.28. The number of carbonyl (C=O) groups excluding carboxylic acids is 3. The fraction of sp³-hybridized carbons (Fsp3) is 0.286. The Morgan fingerprint density at radius 2 is 1.44 bits per heavy atom. The molecule has 0 aromatic heterocycles. The van der Waals surface area contributed by atoms with Crippen LogP contribution in [0.3, 0.4) is 0 Å². The van der Waals surface area contributed by atoms with Gasteiger partial charge in [0.2, 0.25) is 5.91 Å². The molecule has 0 bridgehead atoms. The van der Waals surface area contributed by atoms with Gasteiger partial charge in [0.15, 0.2) is 0 Å². The first-order valence-electron chi connectivity index (χ1n) is 6.76. The maximum atomic E-state index is 12.6. The highest BCUT2D eigenvalue weighted by atomic mass is 127. The van der Waals surface area contributed by atoms with Crippen LogP contribution in [-0.4, -0.2) is 41.9 Å². The van der Waals surface area contributed by atoms with Gasteiger partial charge in [-0.05, 0) is 74.7 Å². The molecule has 0 aliphatic carbocycles. The maximum absolute atomic E-state index is 12.6. The minimum Gasteiger partial charge on any atom is -0.480 e. The number of carboxylic acids is 1. The second-order valence-corrected chi connectivity index (χ2v) is 8.10. The van der Waals surface area contributed by atoms with E-state index in [2.05, 4.69) is 16.0 Å². The van der Waals surface area contributed by atoms with Gasteiger partial charge in [-0.3, -0.25) is 19.2 Å². The average molecular weight is 685 g/mol. The number of hydrogen-bond acceptors (Lipinski definition) is 4. The van der Waals surface area contributed by atoms with Crippen LogP contribution in [0.2, 0.25) is 0 Å². The van der Waals surface area contributed by atoms with Gasteiger partial charge in [-0.2, -0.15) is 0 Å².